The molecule has 0 unspecified atom stereocenters. The van der Waals surface area contributed by atoms with Crippen molar-refractivity contribution < 1.29 is 0 Å². The molecule has 7 heteroatoms. The number of aromatic nitrogens is 4. The van der Waals surface area contributed by atoms with E-state index in [1.807, 2.05) is 0 Å². The number of hydrogen-bond donors (Lipinski definition) is 4. The number of nitrogens with two attached hydrogens (primary N) is 1. The van der Waals surface area contributed by atoms with Gasteiger partial charge in [-0.1, -0.05) is 19.3 Å². The van der Waals surface area contributed by atoms with Gasteiger partial charge < -0.3 is 10.7 Å². The molecule has 0 aromatic carbocycles. The Hall–Kier alpha value is -1.89. The van der Waals surface area contributed by atoms with Crippen LogP contribution in [0, 0.1) is 0 Å². The Kier molecular flexibility index (Phi) is 2.78. The van der Waals surface area contributed by atoms with Crippen molar-refractivity contribution in [3.8, 4) is 0 Å². The van der Waals surface area contributed by atoms with Crippen LogP contribution in [0.25, 0.3) is 11.2 Å². The first kappa shape index (κ1) is 12.2. The Labute approximate surface area is 108 Å². The molecule has 19 heavy (non-hydrogen) atoms. The van der Waals surface area contributed by atoms with Crippen LogP contribution in [0.2, 0.25) is 0 Å². The number of fused-ring (bicyclic) bond motifs is 1. The van der Waals surface area contributed by atoms with Gasteiger partial charge in [0.25, 0.3) is 5.56 Å². The second-order valence-electron chi connectivity index (χ2n) is 5.26. The summed E-state index contributed by atoms with van der Waals surface area (Å²) in [5, 5.41) is 0. The van der Waals surface area contributed by atoms with Gasteiger partial charge in [0, 0.05) is 12.0 Å². The minimum Gasteiger partial charge on any atom is -0.336 e. The van der Waals surface area contributed by atoms with Gasteiger partial charge in [-0.2, -0.15) is 0 Å². The van der Waals surface area contributed by atoms with Crippen LogP contribution in [0.4, 0.5) is 0 Å². The highest BCUT2D eigenvalue weighted by Crippen LogP contribution is 2.37. The van der Waals surface area contributed by atoms with Gasteiger partial charge in [0.1, 0.15) is 11.3 Å². The summed E-state index contributed by atoms with van der Waals surface area (Å²) < 4.78 is 0. The van der Waals surface area contributed by atoms with Gasteiger partial charge in [-0.05, 0) is 12.8 Å². The van der Waals surface area contributed by atoms with Crippen molar-refractivity contribution >= 4 is 11.2 Å². The largest absolute Gasteiger partial charge is 0.336 e. The van der Waals surface area contributed by atoms with Gasteiger partial charge in [-0.3, -0.25) is 14.8 Å². The SMILES string of the molecule is NCC1(c2nc3[nH]c(=O)[nH]c(=O)c3[nH]2)CCCCC1. The van der Waals surface area contributed by atoms with Crippen LogP contribution in [0.3, 0.4) is 0 Å². The highest BCUT2D eigenvalue weighted by molar-refractivity contribution is 5.69. The third-order valence-electron chi connectivity index (χ3n) is 4.09. The summed E-state index contributed by atoms with van der Waals surface area (Å²) in [7, 11) is 0. The third-order valence-corrected chi connectivity index (χ3v) is 4.09. The van der Waals surface area contributed by atoms with E-state index in [0.29, 0.717) is 17.7 Å². The molecule has 0 atom stereocenters. The molecule has 5 N–H and O–H groups in total. The van der Waals surface area contributed by atoms with Crippen LogP contribution in [-0.4, -0.2) is 26.5 Å². The predicted molar refractivity (Wildman–Crippen MR) is 71.2 cm³/mol. The van der Waals surface area contributed by atoms with Gasteiger partial charge in [-0.15, -0.1) is 0 Å². The zero-order valence-electron chi connectivity index (χ0n) is 10.6. The molecule has 102 valence electrons. The molecular formula is C12H17N5O2. The van der Waals surface area contributed by atoms with E-state index < -0.39 is 11.2 Å². The minimum atomic E-state index is -0.541. The lowest BCUT2D eigenvalue weighted by atomic mass is 9.73. The molecule has 0 bridgehead atoms. The van der Waals surface area contributed by atoms with Crippen molar-refractivity contribution in [2.75, 3.05) is 6.54 Å². The lowest BCUT2D eigenvalue weighted by Gasteiger charge is -2.34. The number of nitrogens with zero attached hydrogens (tertiary/aromatic N) is 1. The summed E-state index contributed by atoms with van der Waals surface area (Å²) >= 11 is 0. The number of nitrogens with one attached hydrogen (secondary N) is 3. The van der Waals surface area contributed by atoms with E-state index in [9.17, 15) is 9.59 Å². The van der Waals surface area contributed by atoms with Crippen LogP contribution in [0.15, 0.2) is 9.59 Å². The van der Waals surface area contributed by atoms with Gasteiger partial charge >= 0.3 is 5.69 Å². The Balaban J connectivity index is 2.17. The molecule has 2 aromatic heterocycles. The van der Waals surface area contributed by atoms with Crippen LogP contribution in [0.1, 0.15) is 37.9 Å². The molecule has 1 aliphatic carbocycles. The maximum Gasteiger partial charge on any atom is 0.327 e. The quantitative estimate of drug-likeness (QED) is 0.614. The summed E-state index contributed by atoms with van der Waals surface area (Å²) in [6.07, 6.45) is 5.36. The first-order valence-corrected chi connectivity index (χ1v) is 6.57. The standard InChI is InChI=1S/C12H17N5O2/c13-6-12(4-2-1-3-5-12)10-14-7-8(15-10)16-11(19)17-9(7)18/h1-6,13H2,(H3,14,15,16,17,18,19). The third kappa shape index (κ3) is 1.90. The fourth-order valence-corrected chi connectivity index (χ4v) is 2.95. The van der Waals surface area contributed by atoms with E-state index in [4.69, 9.17) is 5.73 Å². The Bertz CT molecular complexity index is 705. The number of hydrogen-bond acceptors (Lipinski definition) is 4. The summed E-state index contributed by atoms with van der Waals surface area (Å²) in [6.45, 7) is 0.495. The summed E-state index contributed by atoms with van der Waals surface area (Å²) in [5.74, 6) is 0.719. The predicted octanol–water partition coefficient (Wildman–Crippen LogP) is 0.100. The van der Waals surface area contributed by atoms with Crippen molar-refractivity contribution in [1.82, 2.24) is 19.9 Å². The first-order valence-electron chi connectivity index (χ1n) is 6.57. The average Bonchev–Trinajstić information content (AvgIpc) is 2.84. The van der Waals surface area contributed by atoms with Crippen LogP contribution >= 0.6 is 0 Å². The second kappa shape index (κ2) is 4.34. The number of H-pyrrole nitrogens is 3. The lowest BCUT2D eigenvalue weighted by Crippen LogP contribution is -2.38. The van der Waals surface area contributed by atoms with E-state index in [1.54, 1.807) is 0 Å². The Morgan fingerprint density at radius 3 is 2.53 bits per heavy atom. The van der Waals surface area contributed by atoms with Gasteiger partial charge in [0.15, 0.2) is 5.65 Å². The molecule has 7 nitrogen and oxygen atoms in total. The molecule has 1 fully saturated rings. The smallest absolute Gasteiger partial charge is 0.327 e. The first-order chi connectivity index (χ1) is 9.14. The molecule has 0 spiro atoms. The number of imidazole rings is 1. The molecule has 1 aliphatic rings. The molecule has 0 aliphatic heterocycles. The number of aromatic amines is 3. The molecule has 2 heterocycles. The summed E-state index contributed by atoms with van der Waals surface area (Å²) in [5.41, 5.74) is 5.38. The highest BCUT2D eigenvalue weighted by Gasteiger charge is 2.35. The minimum absolute atomic E-state index is 0.194. The van der Waals surface area contributed by atoms with Gasteiger partial charge in [-0.25, -0.2) is 9.78 Å². The van der Waals surface area contributed by atoms with E-state index in [2.05, 4.69) is 19.9 Å². The monoisotopic (exact) mass is 263 g/mol. The van der Waals surface area contributed by atoms with Crippen molar-refractivity contribution in [1.29, 1.82) is 0 Å². The molecular weight excluding hydrogens is 246 g/mol. The van der Waals surface area contributed by atoms with Gasteiger partial charge in [0.2, 0.25) is 0 Å². The van der Waals surface area contributed by atoms with Crippen molar-refractivity contribution in [2.24, 2.45) is 5.73 Å². The normalized spacial score (nSPS) is 18.8. The fourth-order valence-electron chi connectivity index (χ4n) is 2.95. The maximum absolute atomic E-state index is 11.7. The van der Waals surface area contributed by atoms with Crippen molar-refractivity contribution in [3.05, 3.63) is 26.7 Å². The summed E-state index contributed by atoms with van der Waals surface area (Å²) in [4.78, 5) is 35.1. The van der Waals surface area contributed by atoms with Crippen LogP contribution in [-0.2, 0) is 5.41 Å². The fraction of sp³-hybridized carbons (Fsp3) is 0.583. The zero-order valence-corrected chi connectivity index (χ0v) is 10.6. The van der Waals surface area contributed by atoms with Crippen LogP contribution in [0.5, 0.6) is 0 Å². The molecule has 1 saturated carbocycles. The Morgan fingerprint density at radius 2 is 1.84 bits per heavy atom. The maximum atomic E-state index is 11.7. The molecule has 0 amide bonds. The second-order valence-corrected chi connectivity index (χ2v) is 5.26. The number of rotatable bonds is 2. The zero-order chi connectivity index (χ0) is 13.5. The average molecular weight is 263 g/mol. The molecule has 2 aromatic rings. The van der Waals surface area contributed by atoms with Crippen molar-refractivity contribution in [2.45, 2.75) is 37.5 Å². The van der Waals surface area contributed by atoms with E-state index >= 15 is 0 Å². The van der Waals surface area contributed by atoms with Crippen LogP contribution < -0.4 is 17.0 Å². The lowest BCUT2D eigenvalue weighted by molar-refractivity contribution is 0.288. The molecule has 0 saturated heterocycles. The van der Waals surface area contributed by atoms with Gasteiger partial charge in [0.05, 0.1) is 0 Å². The van der Waals surface area contributed by atoms with E-state index in [-0.39, 0.29) is 5.41 Å². The van der Waals surface area contributed by atoms with E-state index in [1.165, 1.54) is 6.42 Å². The summed E-state index contributed by atoms with van der Waals surface area (Å²) in [6, 6.07) is 0. The Morgan fingerprint density at radius 1 is 1.11 bits per heavy atom. The molecule has 0 radical (unpaired) electrons. The van der Waals surface area contributed by atoms with E-state index in [0.717, 1.165) is 31.5 Å². The molecule has 3 rings (SSSR count). The van der Waals surface area contributed by atoms with Crippen molar-refractivity contribution in [3.63, 3.8) is 0 Å². The topological polar surface area (TPSA) is 120 Å². The highest BCUT2D eigenvalue weighted by atomic mass is 16.2.